The Labute approximate surface area is 100 Å². The van der Waals surface area contributed by atoms with E-state index in [-0.39, 0.29) is 0 Å². The summed E-state index contributed by atoms with van der Waals surface area (Å²) in [7, 11) is 1.92. The molecule has 5 nitrogen and oxygen atoms in total. The lowest BCUT2D eigenvalue weighted by Gasteiger charge is -2.15. The van der Waals surface area contributed by atoms with Gasteiger partial charge in [-0.15, -0.1) is 0 Å². The number of hydrogen-bond acceptors (Lipinski definition) is 5. The Kier molecular flexibility index (Phi) is 3.62. The molecule has 0 aromatic carbocycles. The van der Waals surface area contributed by atoms with Crippen molar-refractivity contribution in [3.63, 3.8) is 0 Å². The monoisotopic (exact) mass is 229 g/mol. The lowest BCUT2D eigenvalue weighted by molar-refractivity contribution is 0.846. The Morgan fingerprint density at radius 2 is 1.76 bits per heavy atom. The molecule has 17 heavy (non-hydrogen) atoms. The average molecular weight is 229 g/mol. The summed E-state index contributed by atoms with van der Waals surface area (Å²) in [6.45, 7) is 1.33. The lowest BCUT2D eigenvalue weighted by Crippen LogP contribution is -2.26. The SMILES string of the molecule is CN(CCN)c1ncc(-c2ccncc2)cn1. The van der Waals surface area contributed by atoms with Gasteiger partial charge in [-0.05, 0) is 17.7 Å². The fraction of sp³-hybridized carbons (Fsp3) is 0.250. The zero-order valence-electron chi connectivity index (χ0n) is 9.74. The summed E-state index contributed by atoms with van der Waals surface area (Å²) in [5.74, 6) is 0.688. The van der Waals surface area contributed by atoms with E-state index in [0.717, 1.165) is 17.7 Å². The van der Waals surface area contributed by atoms with E-state index in [1.165, 1.54) is 0 Å². The van der Waals surface area contributed by atoms with Gasteiger partial charge >= 0.3 is 0 Å². The van der Waals surface area contributed by atoms with Gasteiger partial charge in [0.05, 0.1) is 0 Å². The standard InChI is InChI=1S/C12H15N5/c1-17(7-4-13)12-15-8-11(9-16-12)10-2-5-14-6-3-10/h2-3,5-6,8-9H,4,7,13H2,1H3. The highest BCUT2D eigenvalue weighted by Crippen LogP contribution is 2.17. The van der Waals surface area contributed by atoms with Crippen molar-refractivity contribution in [3.8, 4) is 11.1 Å². The zero-order valence-corrected chi connectivity index (χ0v) is 9.74. The van der Waals surface area contributed by atoms with E-state index in [1.54, 1.807) is 12.4 Å². The summed E-state index contributed by atoms with van der Waals surface area (Å²) in [6, 6.07) is 3.87. The average Bonchev–Trinajstić information content (AvgIpc) is 2.40. The maximum absolute atomic E-state index is 5.48. The largest absolute Gasteiger partial charge is 0.343 e. The van der Waals surface area contributed by atoms with Crippen LogP contribution in [0.5, 0.6) is 0 Å². The third kappa shape index (κ3) is 2.76. The van der Waals surface area contributed by atoms with Crippen molar-refractivity contribution in [2.45, 2.75) is 0 Å². The lowest BCUT2D eigenvalue weighted by atomic mass is 10.1. The van der Waals surface area contributed by atoms with Crippen LogP contribution in [-0.4, -0.2) is 35.1 Å². The molecule has 0 unspecified atom stereocenters. The minimum Gasteiger partial charge on any atom is -0.343 e. The first-order valence-corrected chi connectivity index (χ1v) is 5.45. The molecule has 0 radical (unpaired) electrons. The van der Waals surface area contributed by atoms with Gasteiger partial charge in [0, 0.05) is 50.5 Å². The molecule has 88 valence electrons. The number of anilines is 1. The first-order chi connectivity index (χ1) is 8.31. The molecule has 0 atom stereocenters. The zero-order chi connectivity index (χ0) is 12.1. The smallest absolute Gasteiger partial charge is 0.225 e. The van der Waals surface area contributed by atoms with Gasteiger partial charge in [-0.1, -0.05) is 0 Å². The Balaban J connectivity index is 2.19. The molecule has 2 aromatic heterocycles. The minimum absolute atomic E-state index is 0.589. The van der Waals surface area contributed by atoms with Gasteiger partial charge in [0.15, 0.2) is 0 Å². The Hall–Kier alpha value is -2.01. The van der Waals surface area contributed by atoms with Crippen molar-refractivity contribution in [1.82, 2.24) is 15.0 Å². The molecule has 0 bridgehead atoms. The van der Waals surface area contributed by atoms with Crippen molar-refractivity contribution < 1.29 is 0 Å². The van der Waals surface area contributed by atoms with E-state index in [4.69, 9.17) is 5.73 Å². The van der Waals surface area contributed by atoms with Gasteiger partial charge in [0.2, 0.25) is 5.95 Å². The highest BCUT2D eigenvalue weighted by atomic mass is 15.2. The van der Waals surface area contributed by atoms with Crippen LogP contribution in [0.1, 0.15) is 0 Å². The van der Waals surface area contributed by atoms with Crippen LogP contribution in [0.3, 0.4) is 0 Å². The van der Waals surface area contributed by atoms with E-state index in [2.05, 4.69) is 15.0 Å². The van der Waals surface area contributed by atoms with Crippen molar-refractivity contribution in [1.29, 1.82) is 0 Å². The molecule has 0 saturated carbocycles. The number of rotatable bonds is 4. The van der Waals surface area contributed by atoms with Crippen LogP contribution in [-0.2, 0) is 0 Å². The highest BCUT2D eigenvalue weighted by Gasteiger charge is 2.03. The number of pyridine rings is 1. The summed E-state index contributed by atoms with van der Waals surface area (Å²) in [4.78, 5) is 14.5. The molecule has 2 N–H and O–H groups in total. The third-order valence-corrected chi connectivity index (χ3v) is 2.46. The summed E-state index contributed by atoms with van der Waals surface area (Å²) in [6.07, 6.45) is 7.13. The Morgan fingerprint density at radius 3 is 2.35 bits per heavy atom. The molecule has 0 saturated heterocycles. The molecule has 2 aromatic rings. The first kappa shape index (κ1) is 11.5. The molecular formula is C12H15N5. The maximum Gasteiger partial charge on any atom is 0.225 e. The highest BCUT2D eigenvalue weighted by molar-refractivity contribution is 5.61. The number of nitrogens with zero attached hydrogens (tertiary/aromatic N) is 4. The predicted molar refractivity (Wildman–Crippen MR) is 67.6 cm³/mol. The topological polar surface area (TPSA) is 67.9 Å². The molecule has 0 aliphatic carbocycles. The van der Waals surface area contributed by atoms with Crippen LogP contribution in [0, 0.1) is 0 Å². The second-order valence-electron chi connectivity index (χ2n) is 3.72. The minimum atomic E-state index is 0.589. The van der Waals surface area contributed by atoms with Gasteiger partial charge in [-0.2, -0.15) is 0 Å². The van der Waals surface area contributed by atoms with E-state index in [9.17, 15) is 0 Å². The van der Waals surface area contributed by atoms with Gasteiger partial charge in [0.1, 0.15) is 0 Å². The molecule has 0 aliphatic heterocycles. The first-order valence-electron chi connectivity index (χ1n) is 5.45. The van der Waals surface area contributed by atoms with Crippen molar-refractivity contribution in [2.75, 3.05) is 25.0 Å². The number of nitrogens with two attached hydrogens (primary N) is 1. The molecule has 0 aliphatic rings. The van der Waals surface area contributed by atoms with Crippen LogP contribution < -0.4 is 10.6 Å². The number of likely N-dealkylation sites (N-methyl/N-ethyl adjacent to an activating group) is 1. The predicted octanol–water partition coefficient (Wildman–Crippen LogP) is 0.933. The third-order valence-electron chi connectivity index (χ3n) is 2.46. The quantitative estimate of drug-likeness (QED) is 0.844. The number of aromatic nitrogens is 3. The summed E-state index contributed by atoms with van der Waals surface area (Å²) in [5, 5.41) is 0. The summed E-state index contributed by atoms with van der Waals surface area (Å²) < 4.78 is 0. The molecular weight excluding hydrogens is 214 g/mol. The van der Waals surface area contributed by atoms with Crippen LogP contribution in [0.2, 0.25) is 0 Å². The molecule has 0 spiro atoms. The van der Waals surface area contributed by atoms with Gasteiger partial charge in [0.25, 0.3) is 0 Å². The molecule has 0 fully saturated rings. The van der Waals surface area contributed by atoms with E-state index in [1.807, 2.05) is 36.5 Å². The van der Waals surface area contributed by atoms with Crippen LogP contribution in [0.4, 0.5) is 5.95 Å². The normalized spacial score (nSPS) is 10.2. The van der Waals surface area contributed by atoms with Gasteiger partial charge < -0.3 is 10.6 Å². The van der Waals surface area contributed by atoms with Crippen LogP contribution in [0.15, 0.2) is 36.9 Å². The second-order valence-corrected chi connectivity index (χ2v) is 3.72. The van der Waals surface area contributed by atoms with Crippen molar-refractivity contribution >= 4 is 5.95 Å². The summed E-state index contributed by atoms with van der Waals surface area (Å²) >= 11 is 0. The van der Waals surface area contributed by atoms with Crippen LogP contribution in [0.25, 0.3) is 11.1 Å². The Morgan fingerprint density at radius 1 is 1.12 bits per heavy atom. The fourth-order valence-corrected chi connectivity index (χ4v) is 1.51. The fourth-order valence-electron chi connectivity index (χ4n) is 1.51. The van der Waals surface area contributed by atoms with Gasteiger partial charge in [-0.25, -0.2) is 9.97 Å². The van der Waals surface area contributed by atoms with E-state index < -0.39 is 0 Å². The van der Waals surface area contributed by atoms with E-state index >= 15 is 0 Å². The van der Waals surface area contributed by atoms with E-state index in [0.29, 0.717) is 12.5 Å². The second kappa shape index (κ2) is 5.36. The summed E-state index contributed by atoms with van der Waals surface area (Å²) in [5.41, 5.74) is 7.53. The van der Waals surface area contributed by atoms with Crippen molar-refractivity contribution in [2.24, 2.45) is 5.73 Å². The maximum atomic E-state index is 5.48. The van der Waals surface area contributed by atoms with Gasteiger partial charge in [-0.3, -0.25) is 4.98 Å². The van der Waals surface area contributed by atoms with Crippen molar-refractivity contribution in [3.05, 3.63) is 36.9 Å². The molecule has 5 heteroatoms. The van der Waals surface area contributed by atoms with Crippen LogP contribution >= 0.6 is 0 Å². The molecule has 2 rings (SSSR count). The molecule has 2 heterocycles. The molecule has 0 amide bonds. The Bertz CT molecular complexity index is 454. The number of hydrogen-bond donors (Lipinski definition) is 1.